The van der Waals surface area contributed by atoms with Gasteiger partial charge in [0.25, 0.3) is 0 Å². The summed E-state index contributed by atoms with van der Waals surface area (Å²) >= 11 is -1.92. The fraction of sp³-hybridized carbons (Fsp3) is 1.00. The molecule has 10 heavy (non-hydrogen) atoms. The zero-order valence-electron chi connectivity index (χ0n) is 4.92. The van der Waals surface area contributed by atoms with Crippen molar-refractivity contribution in [3.63, 3.8) is 0 Å². The minimum absolute atomic E-state index is 0. The van der Waals surface area contributed by atoms with Crippen LogP contribution in [0.2, 0.25) is 0 Å². The molecule has 0 aliphatic heterocycles. The van der Waals surface area contributed by atoms with E-state index in [0.717, 1.165) is 0 Å². The van der Waals surface area contributed by atoms with Crippen LogP contribution in [0.4, 0.5) is 0 Å². The van der Waals surface area contributed by atoms with Crippen LogP contribution in [-0.4, -0.2) is 11.7 Å². The third-order valence-electron chi connectivity index (χ3n) is 0. The second-order valence-electron chi connectivity index (χ2n) is 0.531. The Morgan fingerprint density at radius 1 is 1.10 bits per heavy atom. The zero-order valence-corrected chi connectivity index (χ0v) is 11.0. The van der Waals surface area contributed by atoms with E-state index in [4.69, 9.17) is 33.0 Å². The molecule has 69 valence electrons. The summed E-state index contributed by atoms with van der Waals surface area (Å²) in [6.45, 7) is 1.93. The normalized spacial score (nSPS) is 4.50. The van der Waals surface area contributed by atoms with E-state index in [0.29, 0.717) is 0 Å². The molecule has 0 aliphatic carbocycles. The van der Waals surface area contributed by atoms with Crippen LogP contribution in [0.25, 0.3) is 0 Å². The van der Waals surface area contributed by atoms with Gasteiger partial charge in [-0.05, 0) is 6.92 Å². The standard InChI is InChI=1S/C2H6O.6ClH.Ti/c1-2-3;;;;;;;/h3H,2H2,1H3;6*1H;/q;;;;;;;+3/p-6. The van der Waals surface area contributed by atoms with Gasteiger partial charge in [0.05, 0.1) is 0 Å². The van der Waals surface area contributed by atoms with Gasteiger partial charge in [0.1, 0.15) is 0 Å². The van der Waals surface area contributed by atoms with E-state index < -0.39 is 14.7 Å². The average molecular weight is 307 g/mol. The molecule has 0 aromatic heterocycles. The molecule has 1 nitrogen and oxygen atoms in total. The Labute approximate surface area is 97.5 Å². The predicted molar refractivity (Wildman–Crippen MR) is 30.3 cm³/mol. The molecule has 8 heteroatoms. The predicted octanol–water partition coefficient (Wildman–Crippen LogP) is -6.92. The zero-order chi connectivity index (χ0) is 6.28. The van der Waals surface area contributed by atoms with Crippen LogP contribution < -0.4 is 37.2 Å². The molecule has 0 bridgehead atoms. The first-order valence-electron chi connectivity index (χ1n) is 1.59. The van der Waals surface area contributed by atoms with Gasteiger partial charge in [-0.25, -0.2) is 0 Å². The molecule has 0 rings (SSSR count). The van der Waals surface area contributed by atoms with Crippen LogP contribution in [0.5, 0.6) is 0 Å². The van der Waals surface area contributed by atoms with E-state index in [1.54, 1.807) is 6.92 Å². The summed E-state index contributed by atoms with van der Waals surface area (Å²) in [5.41, 5.74) is 0. The molecule has 0 heterocycles. The van der Waals surface area contributed by atoms with E-state index in [1.165, 1.54) is 0 Å². The van der Waals surface area contributed by atoms with E-state index in [2.05, 4.69) is 0 Å². The Morgan fingerprint density at radius 3 is 1.10 bits per heavy atom. The van der Waals surface area contributed by atoms with Crippen molar-refractivity contribution < 1.29 is 57.0 Å². The Balaban J connectivity index is -0.0000000131. The average Bonchev–Trinajstić information content (AvgIpc) is 1.33. The van der Waals surface area contributed by atoms with Crippen LogP contribution in [0.15, 0.2) is 0 Å². The van der Waals surface area contributed by atoms with Crippen molar-refractivity contribution in [1.29, 1.82) is 0 Å². The molecule has 0 saturated heterocycles. The summed E-state index contributed by atoms with van der Waals surface area (Å²) in [7, 11) is 14.9. The van der Waals surface area contributed by atoms with Crippen molar-refractivity contribution in [3.8, 4) is 0 Å². The summed E-state index contributed by atoms with van der Waals surface area (Å²) in [5, 5.41) is 7.57. The van der Waals surface area contributed by atoms with Gasteiger partial charge in [-0.2, -0.15) is 0 Å². The van der Waals surface area contributed by atoms with Crippen molar-refractivity contribution >= 4 is 27.9 Å². The van der Waals surface area contributed by atoms with Crippen LogP contribution in [0, 0.1) is 0 Å². The molecule has 0 saturated carbocycles. The van der Waals surface area contributed by atoms with Crippen LogP contribution in [0.1, 0.15) is 6.92 Å². The van der Waals surface area contributed by atoms with E-state index in [9.17, 15) is 0 Å². The summed E-state index contributed by atoms with van der Waals surface area (Å²) in [4.78, 5) is 0. The quantitative estimate of drug-likeness (QED) is 0.441. The monoisotopic (exact) mass is 304 g/mol. The van der Waals surface area contributed by atoms with E-state index >= 15 is 0 Å². The summed E-state index contributed by atoms with van der Waals surface area (Å²) in [6.07, 6.45) is 0. The molecule has 0 aliphatic rings. The number of halogens is 6. The number of hydrogen-bond acceptors (Lipinski definition) is 1. The fourth-order valence-corrected chi connectivity index (χ4v) is 0. The minimum atomic E-state index is -1.92. The second kappa shape index (κ2) is 30.1. The van der Waals surface area contributed by atoms with Crippen molar-refractivity contribution in [2.24, 2.45) is 0 Å². The Morgan fingerprint density at radius 2 is 1.10 bits per heavy atom. The van der Waals surface area contributed by atoms with E-state index in [-0.39, 0.29) is 43.8 Å². The Bertz CT molecular complexity index is 27.0. The molecule has 0 amide bonds. The molecule has 1 N–H and O–H groups in total. The second-order valence-corrected chi connectivity index (χ2v) is 8.27. The molecule has 0 fully saturated rings. The Hall–Kier alpha value is 2.41. The third kappa shape index (κ3) is 158. The van der Waals surface area contributed by atoms with Gasteiger partial charge in [0.2, 0.25) is 0 Å². The molecule has 0 unspecified atom stereocenters. The molecule has 0 atom stereocenters. The molecule has 0 aromatic carbocycles. The van der Waals surface area contributed by atoms with Crippen molar-refractivity contribution in [2.75, 3.05) is 6.61 Å². The molecular formula is C2H6Cl6OTi-3. The summed E-state index contributed by atoms with van der Waals surface area (Å²) in [6, 6.07) is 0. The van der Waals surface area contributed by atoms with Gasteiger partial charge >= 0.3 is 42.6 Å². The van der Waals surface area contributed by atoms with Crippen molar-refractivity contribution in [2.45, 2.75) is 6.92 Å². The SMILES string of the molecule is CCO.[Cl-].[Cl-].[Cl-].[Cl][Ti]([Cl])[Cl]. The number of hydrogen-bond donors (Lipinski definition) is 1. The summed E-state index contributed by atoms with van der Waals surface area (Å²) < 4.78 is 0. The van der Waals surface area contributed by atoms with Gasteiger partial charge in [0.15, 0.2) is 0 Å². The summed E-state index contributed by atoms with van der Waals surface area (Å²) in [5.74, 6) is 0. The van der Waals surface area contributed by atoms with Crippen LogP contribution in [-0.2, 0) is 14.7 Å². The maximum absolute atomic E-state index is 7.57. The Kier molecular flexibility index (Phi) is 88.5. The van der Waals surface area contributed by atoms with Gasteiger partial charge in [-0.3, -0.25) is 0 Å². The third-order valence-corrected chi connectivity index (χ3v) is 0. The molecule has 0 spiro atoms. The molecular weight excluding hydrogens is 301 g/mol. The van der Waals surface area contributed by atoms with Gasteiger partial charge in [-0.1, -0.05) is 0 Å². The first-order valence-corrected chi connectivity index (χ1v) is 8.04. The maximum atomic E-state index is 7.57. The van der Waals surface area contributed by atoms with Crippen LogP contribution >= 0.6 is 27.9 Å². The first kappa shape index (κ1) is 29.4. The van der Waals surface area contributed by atoms with Gasteiger partial charge < -0.3 is 42.3 Å². The van der Waals surface area contributed by atoms with Crippen molar-refractivity contribution in [3.05, 3.63) is 0 Å². The first-order chi connectivity index (χ1) is 3.15. The number of rotatable bonds is 0. The van der Waals surface area contributed by atoms with Gasteiger partial charge in [-0.15, -0.1) is 0 Å². The number of aliphatic hydroxyl groups excluding tert-OH is 1. The van der Waals surface area contributed by atoms with E-state index in [1.807, 2.05) is 0 Å². The van der Waals surface area contributed by atoms with Gasteiger partial charge in [0, 0.05) is 6.61 Å². The van der Waals surface area contributed by atoms with Crippen LogP contribution in [0.3, 0.4) is 0 Å². The molecule has 0 aromatic rings. The number of aliphatic hydroxyl groups is 1. The van der Waals surface area contributed by atoms with Crippen molar-refractivity contribution in [1.82, 2.24) is 0 Å². The molecule has 0 radical (unpaired) electrons. The fourth-order valence-electron chi connectivity index (χ4n) is 0. The topological polar surface area (TPSA) is 20.2 Å².